The summed E-state index contributed by atoms with van der Waals surface area (Å²) in [6, 6.07) is 21.6. The van der Waals surface area contributed by atoms with E-state index in [0.717, 1.165) is 44.2 Å². The Hall–Kier alpha value is -3.20. The molecule has 4 aromatic rings. The molecule has 0 bridgehead atoms. The van der Waals surface area contributed by atoms with E-state index in [-0.39, 0.29) is 5.75 Å². The Kier molecular flexibility index (Phi) is 3.69. The lowest BCUT2D eigenvalue weighted by Crippen LogP contribution is -1.94. The second-order valence-corrected chi connectivity index (χ2v) is 5.92. The number of methoxy groups -OCH3 is 2. The minimum Gasteiger partial charge on any atom is -0.507 e. The van der Waals surface area contributed by atoms with E-state index in [1.165, 1.54) is 0 Å². The zero-order valence-corrected chi connectivity index (χ0v) is 14.1. The summed E-state index contributed by atoms with van der Waals surface area (Å²) in [5, 5.41) is 14.6. The standard InChI is InChI=1S/C22H18O3/c1-24-21-13-19(22(25-2)17-10-6-5-9-16(17)21)18-11-14-7-3-4-8-15(14)12-20(18)23/h3-13,23H,1-2H3. The molecule has 0 unspecified atom stereocenters. The lowest BCUT2D eigenvalue weighted by molar-refractivity contribution is 0.411. The molecular weight excluding hydrogens is 312 g/mol. The van der Waals surface area contributed by atoms with Gasteiger partial charge in [0.05, 0.1) is 14.2 Å². The average molecular weight is 330 g/mol. The van der Waals surface area contributed by atoms with Crippen LogP contribution in [0.3, 0.4) is 0 Å². The molecule has 0 aliphatic rings. The summed E-state index contributed by atoms with van der Waals surface area (Å²) in [6.45, 7) is 0. The zero-order chi connectivity index (χ0) is 17.4. The van der Waals surface area contributed by atoms with Crippen molar-refractivity contribution in [2.75, 3.05) is 14.2 Å². The van der Waals surface area contributed by atoms with Crippen LogP contribution in [0.25, 0.3) is 32.7 Å². The van der Waals surface area contributed by atoms with Crippen molar-refractivity contribution in [3.63, 3.8) is 0 Å². The molecule has 3 nitrogen and oxygen atoms in total. The van der Waals surface area contributed by atoms with Crippen molar-refractivity contribution in [2.45, 2.75) is 0 Å². The van der Waals surface area contributed by atoms with Gasteiger partial charge in [-0.25, -0.2) is 0 Å². The molecule has 0 spiro atoms. The van der Waals surface area contributed by atoms with Gasteiger partial charge in [-0.15, -0.1) is 0 Å². The largest absolute Gasteiger partial charge is 0.507 e. The Bertz CT molecular complexity index is 1080. The number of benzene rings is 4. The Morgan fingerprint density at radius 2 is 1.32 bits per heavy atom. The Morgan fingerprint density at radius 3 is 2.00 bits per heavy atom. The molecule has 25 heavy (non-hydrogen) atoms. The fourth-order valence-electron chi connectivity index (χ4n) is 3.35. The second-order valence-electron chi connectivity index (χ2n) is 5.92. The average Bonchev–Trinajstić information content (AvgIpc) is 2.66. The van der Waals surface area contributed by atoms with E-state index < -0.39 is 0 Å². The molecule has 0 saturated heterocycles. The molecule has 3 heteroatoms. The van der Waals surface area contributed by atoms with Gasteiger partial charge in [0.2, 0.25) is 0 Å². The van der Waals surface area contributed by atoms with Crippen molar-refractivity contribution < 1.29 is 14.6 Å². The van der Waals surface area contributed by atoms with E-state index in [0.29, 0.717) is 0 Å². The molecule has 0 radical (unpaired) electrons. The maximum Gasteiger partial charge on any atom is 0.134 e. The van der Waals surface area contributed by atoms with Crippen molar-refractivity contribution in [1.82, 2.24) is 0 Å². The highest BCUT2D eigenvalue weighted by Crippen LogP contribution is 2.45. The third-order valence-corrected chi connectivity index (χ3v) is 4.54. The van der Waals surface area contributed by atoms with Gasteiger partial charge < -0.3 is 14.6 Å². The van der Waals surface area contributed by atoms with Crippen LogP contribution in [-0.2, 0) is 0 Å². The van der Waals surface area contributed by atoms with E-state index in [2.05, 4.69) is 0 Å². The highest BCUT2D eigenvalue weighted by molar-refractivity contribution is 6.01. The molecule has 124 valence electrons. The van der Waals surface area contributed by atoms with E-state index in [1.54, 1.807) is 20.3 Å². The van der Waals surface area contributed by atoms with Gasteiger partial charge in [0.15, 0.2) is 0 Å². The highest BCUT2D eigenvalue weighted by atomic mass is 16.5. The number of hydrogen-bond acceptors (Lipinski definition) is 3. The van der Waals surface area contributed by atoms with E-state index in [9.17, 15) is 5.11 Å². The van der Waals surface area contributed by atoms with E-state index in [1.807, 2.05) is 60.7 Å². The predicted octanol–water partition coefficient (Wildman–Crippen LogP) is 5.38. The maximum absolute atomic E-state index is 10.6. The van der Waals surface area contributed by atoms with Crippen LogP contribution in [0.1, 0.15) is 0 Å². The van der Waals surface area contributed by atoms with E-state index in [4.69, 9.17) is 9.47 Å². The molecule has 0 amide bonds. The van der Waals surface area contributed by atoms with Crippen LogP contribution in [0.4, 0.5) is 0 Å². The van der Waals surface area contributed by atoms with Crippen LogP contribution in [0.15, 0.2) is 66.7 Å². The van der Waals surface area contributed by atoms with Crippen LogP contribution >= 0.6 is 0 Å². The van der Waals surface area contributed by atoms with Crippen LogP contribution in [0.5, 0.6) is 17.2 Å². The van der Waals surface area contributed by atoms with Gasteiger partial charge in [-0.3, -0.25) is 0 Å². The molecule has 0 aliphatic carbocycles. The third kappa shape index (κ3) is 2.45. The number of ether oxygens (including phenoxy) is 2. The third-order valence-electron chi connectivity index (χ3n) is 4.54. The molecular formula is C22H18O3. The monoisotopic (exact) mass is 330 g/mol. The predicted molar refractivity (Wildman–Crippen MR) is 102 cm³/mol. The van der Waals surface area contributed by atoms with Crippen molar-refractivity contribution in [3.8, 4) is 28.4 Å². The smallest absolute Gasteiger partial charge is 0.134 e. The summed E-state index contributed by atoms with van der Waals surface area (Å²) in [6.07, 6.45) is 0. The lowest BCUT2D eigenvalue weighted by Gasteiger charge is -2.16. The number of fused-ring (bicyclic) bond motifs is 2. The van der Waals surface area contributed by atoms with Gasteiger partial charge in [-0.2, -0.15) is 0 Å². The number of rotatable bonds is 3. The van der Waals surface area contributed by atoms with Crippen molar-refractivity contribution in [1.29, 1.82) is 0 Å². The molecule has 0 aliphatic heterocycles. The van der Waals surface area contributed by atoms with Gasteiger partial charge in [0, 0.05) is 21.9 Å². The first kappa shape index (κ1) is 15.3. The Labute approximate surface area is 146 Å². The molecule has 0 aromatic heterocycles. The molecule has 0 heterocycles. The van der Waals surface area contributed by atoms with Crippen LogP contribution in [-0.4, -0.2) is 19.3 Å². The van der Waals surface area contributed by atoms with Crippen molar-refractivity contribution in [3.05, 3.63) is 66.7 Å². The summed E-state index contributed by atoms with van der Waals surface area (Å²) in [4.78, 5) is 0. The first-order chi connectivity index (χ1) is 12.2. The molecule has 0 saturated carbocycles. The zero-order valence-electron chi connectivity index (χ0n) is 14.1. The molecule has 4 aromatic carbocycles. The number of phenols is 1. The minimum absolute atomic E-state index is 0.217. The summed E-state index contributed by atoms with van der Waals surface area (Å²) in [7, 11) is 3.30. The highest BCUT2D eigenvalue weighted by Gasteiger charge is 2.17. The number of aromatic hydroxyl groups is 1. The lowest BCUT2D eigenvalue weighted by atomic mass is 9.96. The fourth-order valence-corrected chi connectivity index (χ4v) is 3.35. The molecule has 0 fully saturated rings. The van der Waals surface area contributed by atoms with E-state index >= 15 is 0 Å². The molecule has 0 atom stereocenters. The Balaban J connectivity index is 2.08. The first-order valence-electron chi connectivity index (χ1n) is 8.09. The SMILES string of the molecule is COc1cc(-c2cc3ccccc3cc2O)c(OC)c2ccccc12. The summed E-state index contributed by atoms with van der Waals surface area (Å²) >= 11 is 0. The van der Waals surface area contributed by atoms with Gasteiger partial charge in [0.1, 0.15) is 17.2 Å². The molecule has 4 rings (SSSR count). The first-order valence-corrected chi connectivity index (χ1v) is 8.09. The normalized spacial score (nSPS) is 11.0. The van der Waals surface area contributed by atoms with Gasteiger partial charge in [-0.1, -0.05) is 48.5 Å². The number of phenolic OH excluding ortho intramolecular Hbond substituents is 1. The topological polar surface area (TPSA) is 38.7 Å². The summed E-state index contributed by atoms with van der Waals surface area (Å²) < 4.78 is 11.3. The van der Waals surface area contributed by atoms with Gasteiger partial charge in [0.25, 0.3) is 0 Å². The number of hydrogen-bond donors (Lipinski definition) is 1. The van der Waals surface area contributed by atoms with Gasteiger partial charge in [-0.05, 0) is 29.0 Å². The van der Waals surface area contributed by atoms with Gasteiger partial charge >= 0.3 is 0 Å². The van der Waals surface area contributed by atoms with Crippen LogP contribution in [0.2, 0.25) is 0 Å². The maximum atomic E-state index is 10.6. The minimum atomic E-state index is 0.217. The van der Waals surface area contributed by atoms with Crippen molar-refractivity contribution in [2.24, 2.45) is 0 Å². The van der Waals surface area contributed by atoms with Crippen LogP contribution < -0.4 is 9.47 Å². The molecule has 1 N–H and O–H groups in total. The summed E-state index contributed by atoms with van der Waals surface area (Å²) in [5.74, 6) is 1.69. The quantitative estimate of drug-likeness (QED) is 0.548. The van der Waals surface area contributed by atoms with Crippen molar-refractivity contribution >= 4 is 21.5 Å². The fraction of sp³-hybridized carbons (Fsp3) is 0.0909. The van der Waals surface area contributed by atoms with Crippen LogP contribution in [0, 0.1) is 0 Å². The summed E-state index contributed by atoms with van der Waals surface area (Å²) in [5.41, 5.74) is 1.53. The second kappa shape index (κ2) is 6.02. The Morgan fingerprint density at radius 1 is 0.680 bits per heavy atom.